The molecule has 0 aromatic carbocycles. The molecule has 0 N–H and O–H groups in total. The van der Waals surface area contributed by atoms with Gasteiger partial charge in [0.05, 0.1) is 0 Å². The molecule has 1 nitrogen and oxygen atoms in total. The quantitative estimate of drug-likeness (QED) is 0.590. The molecule has 0 amide bonds. The molecule has 0 spiro atoms. The fraction of sp³-hybridized carbons (Fsp3) is 0.375. The molecule has 1 radical (unpaired) electrons. The minimum atomic E-state index is -0.972. The third-order valence-corrected chi connectivity index (χ3v) is 0.556. The predicted octanol–water partition coefficient (Wildman–Crippen LogP) is 2.87. The Morgan fingerprint density at radius 3 is 1.25 bits per heavy atom. The summed E-state index contributed by atoms with van der Waals surface area (Å²) >= 11 is -0.972. The van der Waals surface area contributed by atoms with Crippen LogP contribution in [0.3, 0.4) is 0 Å². The number of hydrogen-bond acceptors (Lipinski definition) is 1. The van der Waals surface area contributed by atoms with Crippen LogP contribution in [0.25, 0.3) is 0 Å². The summed E-state index contributed by atoms with van der Waals surface area (Å²) in [7, 11) is 15.9. The van der Waals surface area contributed by atoms with E-state index in [-0.39, 0.29) is 0 Å². The molecule has 69 valence electrons. The molecule has 1 aliphatic carbocycles. The monoisotopic (exact) mass is 374 g/mol. The number of nitrogens with zero attached hydrogens (tertiary/aromatic N) is 1. The van der Waals surface area contributed by atoms with Gasteiger partial charge in [0.15, 0.2) is 0 Å². The SMILES string of the molecule is CN(C)C.[CH]1C=CC=C1.[Cl][Hf][Cl]. The Labute approximate surface area is 93.9 Å². The zero-order chi connectivity index (χ0) is 9.82. The van der Waals surface area contributed by atoms with Gasteiger partial charge in [0, 0.05) is 6.42 Å². The van der Waals surface area contributed by atoms with E-state index >= 15 is 0 Å². The number of rotatable bonds is 0. The Morgan fingerprint density at radius 1 is 0.917 bits per heavy atom. The van der Waals surface area contributed by atoms with Crippen molar-refractivity contribution in [2.45, 2.75) is 0 Å². The van der Waals surface area contributed by atoms with Crippen molar-refractivity contribution in [1.82, 2.24) is 4.90 Å². The predicted molar refractivity (Wildman–Crippen MR) is 53.9 cm³/mol. The van der Waals surface area contributed by atoms with Gasteiger partial charge in [-0.1, -0.05) is 24.3 Å². The maximum atomic E-state index is 4.96. The van der Waals surface area contributed by atoms with Crippen LogP contribution in [0, 0.1) is 6.42 Å². The van der Waals surface area contributed by atoms with E-state index in [1.165, 1.54) is 0 Å². The molecular formula is C8H14Cl2HfN. The minimum absolute atomic E-state index is 0.972. The van der Waals surface area contributed by atoms with Crippen LogP contribution < -0.4 is 0 Å². The van der Waals surface area contributed by atoms with Crippen LogP contribution in [0.4, 0.5) is 0 Å². The van der Waals surface area contributed by atoms with E-state index in [0.717, 1.165) is 0 Å². The average molecular weight is 374 g/mol. The van der Waals surface area contributed by atoms with Crippen molar-refractivity contribution < 1.29 is 20.5 Å². The molecular weight excluding hydrogens is 359 g/mol. The number of halogens is 2. The first-order valence-electron chi connectivity index (χ1n) is 3.39. The molecule has 0 heterocycles. The van der Waals surface area contributed by atoms with Gasteiger partial charge >= 0.3 is 37.7 Å². The van der Waals surface area contributed by atoms with E-state index in [9.17, 15) is 0 Å². The van der Waals surface area contributed by atoms with Gasteiger partial charge in [0.25, 0.3) is 0 Å². The molecule has 0 saturated heterocycles. The molecule has 0 aromatic rings. The topological polar surface area (TPSA) is 3.24 Å². The Balaban J connectivity index is 0. The van der Waals surface area contributed by atoms with Crippen molar-refractivity contribution in [2.75, 3.05) is 21.1 Å². The standard InChI is InChI=1S/C5H5.C3H9N.2ClH.Hf/c1-2-4-5-3-1;1-4(2)3;;;/h1-5H;1-3H3;2*1H;/q;;;;+2/p-2. The summed E-state index contributed by atoms with van der Waals surface area (Å²) in [6.07, 6.45) is 10.0. The number of hydrogen-bond donors (Lipinski definition) is 0. The van der Waals surface area contributed by atoms with Gasteiger partial charge < -0.3 is 4.90 Å². The van der Waals surface area contributed by atoms with Crippen molar-refractivity contribution in [3.05, 3.63) is 30.7 Å². The van der Waals surface area contributed by atoms with Crippen molar-refractivity contribution in [2.24, 2.45) is 0 Å². The van der Waals surface area contributed by atoms with E-state index in [4.69, 9.17) is 17.2 Å². The molecule has 1 aliphatic rings. The van der Waals surface area contributed by atoms with E-state index < -0.39 is 20.5 Å². The van der Waals surface area contributed by atoms with Crippen LogP contribution in [-0.2, 0) is 20.5 Å². The summed E-state index contributed by atoms with van der Waals surface area (Å²) in [5, 5.41) is 0. The molecule has 4 heteroatoms. The first-order valence-corrected chi connectivity index (χ1v) is 12.3. The van der Waals surface area contributed by atoms with Crippen molar-refractivity contribution in [3.63, 3.8) is 0 Å². The van der Waals surface area contributed by atoms with Crippen LogP contribution in [-0.4, -0.2) is 26.0 Å². The summed E-state index contributed by atoms with van der Waals surface area (Å²) in [5.74, 6) is 0. The van der Waals surface area contributed by atoms with Crippen LogP contribution >= 0.6 is 17.2 Å². The Kier molecular flexibility index (Phi) is 18.5. The molecule has 1 rings (SSSR count). The van der Waals surface area contributed by atoms with Gasteiger partial charge in [0.2, 0.25) is 0 Å². The second-order valence-corrected chi connectivity index (χ2v) is 7.57. The normalized spacial score (nSPS) is 11.5. The molecule has 0 bridgehead atoms. The second kappa shape index (κ2) is 14.4. The van der Waals surface area contributed by atoms with Gasteiger partial charge in [-0.15, -0.1) is 0 Å². The molecule has 0 fully saturated rings. The summed E-state index contributed by atoms with van der Waals surface area (Å²) < 4.78 is 0. The maximum absolute atomic E-state index is 4.96. The molecule has 0 unspecified atom stereocenters. The molecule has 0 saturated carbocycles. The van der Waals surface area contributed by atoms with Crippen molar-refractivity contribution >= 4 is 17.2 Å². The summed E-state index contributed by atoms with van der Waals surface area (Å²) in [5.41, 5.74) is 0. The van der Waals surface area contributed by atoms with E-state index in [1.54, 1.807) is 0 Å². The third-order valence-electron chi connectivity index (χ3n) is 0.556. The number of allylic oxidation sites excluding steroid dienone is 4. The molecule has 0 atom stereocenters. The van der Waals surface area contributed by atoms with Crippen molar-refractivity contribution in [3.8, 4) is 0 Å². The first-order chi connectivity index (χ1) is 5.65. The van der Waals surface area contributed by atoms with Crippen LogP contribution in [0.15, 0.2) is 24.3 Å². The molecule has 12 heavy (non-hydrogen) atoms. The molecule has 0 aromatic heterocycles. The average Bonchev–Trinajstić information content (AvgIpc) is 2.40. The van der Waals surface area contributed by atoms with Gasteiger partial charge in [-0.25, -0.2) is 0 Å². The van der Waals surface area contributed by atoms with Gasteiger partial charge in [-0.2, -0.15) is 0 Å². The van der Waals surface area contributed by atoms with Gasteiger partial charge in [-0.05, 0) is 21.1 Å². The van der Waals surface area contributed by atoms with Crippen LogP contribution in [0.2, 0.25) is 0 Å². The van der Waals surface area contributed by atoms with E-state index in [2.05, 4.69) is 0 Å². The second-order valence-electron chi connectivity index (χ2n) is 2.38. The zero-order valence-electron chi connectivity index (χ0n) is 7.59. The Bertz CT molecular complexity index is 111. The fourth-order valence-electron chi connectivity index (χ4n) is 0.321. The van der Waals surface area contributed by atoms with E-state index in [0.29, 0.717) is 0 Å². The van der Waals surface area contributed by atoms with Gasteiger partial charge in [0.1, 0.15) is 0 Å². The summed E-state index contributed by atoms with van der Waals surface area (Å²) in [6.45, 7) is 0. The summed E-state index contributed by atoms with van der Waals surface area (Å²) in [6, 6.07) is 0. The van der Waals surface area contributed by atoms with Gasteiger partial charge in [-0.3, -0.25) is 0 Å². The van der Waals surface area contributed by atoms with E-state index in [1.807, 2.05) is 56.8 Å². The fourth-order valence-corrected chi connectivity index (χ4v) is 0.321. The summed E-state index contributed by atoms with van der Waals surface area (Å²) in [4.78, 5) is 2.00. The van der Waals surface area contributed by atoms with Crippen molar-refractivity contribution in [1.29, 1.82) is 0 Å². The first kappa shape index (κ1) is 15.4. The third kappa shape index (κ3) is 30.7. The van der Waals surface area contributed by atoms with Crippen LogP contribution in [0.1, 0.15) is 0 Å². The Hall–Kier alpha value is 0.890. The zero-order valence-corrected chi connectivity index (χ0v) is 12.7. The Morgan fingerprint density at radius 2 is 1.17 bits per heavy atom. The van der Waals surface area contributed by atoms with Crippen LogP contribution in [0.5, 0.6) is 0 Å². The molecule has 0 aliphatic heterocycles.